The van der Waals surface area contributed by atoms with Gasteiger partial charge in [0, 0.05) is 22.8 Å². The molecule has 0 aromatic heterocycles. The number of allylic oxidation sites excluding steroid dienone is 2. The molecule has 1 aliphatic carbocycles. The van der Waals surface area contributed by atoms with Crippen LogP contribution in [0.1, 0.15) is 25.7 Å². The monoisotopic (exact) mass is 392 g/mol. The third-order valence-corrected chi connectivity index (χ3v) is 2.83. The zero-order chi connectivity index (χ0) is 19.7. The average Bonchev–Trinajstić information content (AvgIpc) is 3.07. The standard InChI is InChI=1S/C9H8Cl2N2O2.C5H8.CH2O2.CH4O/c10-5-1-6(11)3-7(2-5)13-9(15)4-8(12)14;1-2-4-5-3-1;2-1-3;1-2/h1-3H,4H2,(H2,12,14)(H,13,15);1-2H,3-5H2;1H,(H,2,3);2H,1H3. The number of rotatable bonds is 3. The third-order valence-electron chi connectivity index (χ3n) is 2.39. The summed E-state index contributed by atoms with van der Waals surface area (Å²) in [5, 5.41) is 17.1. The maximum Gasteiger partial charge on any atom is 0.290 e. The lowest BCUT2D eigenvalue weighted by molar-refractivity contribution is -0.125. The molecule has 1 aliphatic rings. The van der Waals surface area contributed by atoms with Crippen LogP contribution in [0.15, 0.2) is 30.4 Å². The smallest absolute Gasteiger partial charge is 0.290 e. The molecule has 0 fully saturated rings. The van der Waals surface area contributed by atoms with Gasteiger partial charge in [0.1, 0.15) is 6.42 Å². The van der Waals surface area contributed by atoms with Crippen molar-refractivity contribution in [2.75, 3.05) is 12.4 Å². The van der Waals surface area contributed by atoms with Crippen molar-refractivity contribution in [3.63, 3.8) is 0 Å². The Morgan fingerprint density at radius 3 is 1.92 bits per heavy atom. The lowest BCUT2D eigenvalue weighted by Gasteiger charge is -2.04. The largest absolute Gasteiger partial charge is 0.483 e. The number of nitrogens with one attached hydrogen (secondary N) is 1. The van der Waals surface area contributed by atoms with Crippen LogP contribution in [-0.4, -0.2) is 35.6 Å². The average molecular weight is 393 g/mol. The molecular formula is C16H22Cl2N2O5. The number of aliphatic hydroxyl groups excluding tert-OH is 1. The van der Waals surface area contributed by atoms with Crippen molar-refractivity contribution in [3.8, 4) is 0 Å². The number of carbonyl (C=O) groups excluding carboxylic acids is 2. The van der Waals surface area contributed by atoms with E-state index in [1.54, 1.807) is 0 Å². The number of carboxylic acid groups (broad SMARTS) is 1. The van der Waals surface area contributed by atoms with Crippen molar-refractivity contribution in [1.29, 1.82) is 0 Å². The molecule has 0 saturated carbocycles. The second-order valence-electron chi connectivity index (χ2n) is 4.36. The van der Waals surface area contributed by atoms with Gasteiger partial charge in [-0.15, -0.1) is 0 Å². The third kappa shape index (κ3) is 16.5. The van der Waals surface area contributed by atoms with Gasteiger partial charge in [0.25, 0.3) is 6.47 Å². The molecule has 0 heterocycles. The van der Waals surface area contributed by atoms with Gasteiger partial charge in [0.2, 0.25) is 11.8 Å². The lowest BCUT2D eigenvalue weighted by atomic mass is 10.3. The Hall–Kier alpha value is -2.09. The summed E-state index contributed by atoms with van der Waals surface area (Å²) in [6.45, 7) is -0.250. The van der Waals surface area contributed by atoms with E-state index in [1.165, 1.54) is 37.5 Å². The number of anilines is 1. The van der Waals surface area contributed by atoms with Gasteiger partial charge in [-0.05, 0) is 37.5 Å². The second kappa shape index (κ2) is 16.8. The number of amides is 2. The predicted octanol–water partition coefficient (Wildman–Crippen LogP) is 2.84. The van der Waals surface area contributed by atoms with Gasteiger partial charge in [-0.2, -0.15) is 0 Å². The minimum Gasteiger partial charge on any atom is -0.483 e. The van der Waals surface area contributed by atoms with Crippen LogP contribution in [0.4, 0.5) is 5.69 Å². The fourth-order valence-corrected chi connectivity index (χ4v) is 2.10. The van der Waals surface area contributed by atoms with Crippen LogP contribution in [-0.2, 0) is 14.4 Å². The highest BCUT2D eigenvalue weighted by atomic mass is 35.5. The number of hydrogen-bond acceptors (Lipinski definition) is 4. The Labute approximate surface area is 156 Å². The quantitative estimate of drug-likeness (QED) is 0.356. The number of benzene rings is 1. The summed E-state index contributed by atoms with van der Waals surface area (Å²) in [5.74, 6) is -1.19. The molecule has 2 rings (SSSR count). The highest BCUT2D eigenvalue weighted by molar-refractivity contribution is 6.35. The van der Waals surface area contributed by atoms with Crippen molar-refractivity contribution in [1.82, 2.24) is 0 Å². The fraction of sp³-hybridized carbons (Fsp3) is 0.312. The fourth-order valence-electron chi connectivity index (χ4n) is 1.58. The number of aliphatic hydroxyl groups is 1. The predicted molar refractivity (Wildman–Crippen MR) is 98.7 cm³/mol. The molecule has 0 atom stereocenters. The SMILES string of the molecule is C1=CCCC1.CO.NC(=O)CC(=O)Nc1cc(Cl)cc(Cl)c1.O=CO. The van der Waals surface area contributed by atoms with Crippen molar-refractivity contribution in [2.24, 2.45) is 5.73 Å². The number of halogens is 2. The Balaban J connectivity index is 0. The molecule has 1 aromatic rings. The first kappa shape index (κ1) is 25.2. The molecule has 0 unspecified atom stereocenters. The van der Waals surface area contributed by atoms with E-state index >= 15 is 0 Å². The molecule has 0 saturated heterocycles. The van der Waals surface area contributed by atoms with E-state index in [2.05, 4.69) is 17.5 Å². The van der Waals surface area contributed by atoms with Gasteiger partial charge in [0.05, 0.1) is 0 Å². The highest BCUT2D eigenvalue weighted by Crippen LogP contribution is 2.22. The molecule has 0 aliphatic heterocycles. The Morgan fingerprint density at radius 2 is 1.60 bits per heavy atom. The molecule has 9 heteroatoms. The summed E-state index contributed by atoms with van der Waals surface area (Å²) in [5.41, 5.74) is 5.28. The Kier molecular flexibility index (Phi) is 16.9. The first-order chi connectivity index (χ1) is 11.9. The van der Waals surface area contributed by atoms with Crippen LogP contribution >= 0.6 is 23.2 Å². The van der Waals surface area contributed by atoms with Crippen LogP contribution in [0.2, 0.25) is 10.0 Å². The molecule has 0 radical (unpaired) electrons. The zero-order valence-corrected chi connectivity index (χ0v) is 15.3. The summed E-state index contributed by atoms with van der Waals surface area (Å²) in [6, 6.07) is 4.57. The maximum absolute atomic E-state index is 11.1. The number of hydrogen-bond donors (Lipinski definition) is 4. The number of nitrogens with two attached hydrogens (primary N) is 1. The molecular weight excluding hydrogens is 371 g/mol. The van der Waals surface area contributed by atoms with Crippen LogP contribution in [0, 0.1) is 0 Å². The van der Waals surface area contributed by atoms with E-state index in [0.717, 1.165) is 7.11 Å². The van der Waals surface area contributed by atoms with E-state index in [0.29, 0.717) is 15.7 Å². The lowest BCUT2D eigenvalue weighted by Crippen LogP contribution is -2.21. The summed E-state index contributed by atoms with van der Waals surface area (Å²) in [4.78, 5) is 30.0. The van der Waals surface area contributed by atoms with Crippen molar-refractivity contribution in [3.05, 3.63) is 40.4 Å². The van der Waals surface area contributed by atoms with Gasteiger partial charge >= 0.3 is 0 Å². The normalized spacial score (nSPS) is 10.7. The number of carbonyl (C=O) groups is 3. The van der Waals surface area contributed by atoms with E-state index in [-0.39, 0.29) is 12.9 Å². The molecule has 5 N–H and O–H groups in total. The van der Waals surface area contributed by atoms with Crippen LogP contribution < -0.4 is 11.1 Å². The Morgan fingerprint density at radius 1 is 1.16 bits per heavy atom. The molecule has 7 nitrogen and oxygen atoms in total. The van der Waals surface area contributed by atoms with Crippen LogP contribution in [0.25, 0.3) is 0 Å². The highest BCUT2D eigenvalue weighted by Gasteiger charge is 2.07. The van der Waals surface area contributed by atoms with Crippen molar-refractivity contribution in [2.45, 2.75) is 25.7 Å². The van der Waals surface area contributed by atoms with Gasteiger partial charge in [0.15, 0.2) is 0 Å². The minimum absolute atomic E-state index is 0.250. The zero-order valence-electron chi connectivity index (χ0n) is 13.7. The van der Waals surface area contributed by atoms with Crippen LogP contribution in [0.5, 0.6) is 0 Å². The topological polar surface area (TPSA) is 130 Å². The summed E-state index contributed by atoms with van der Waals surface area (Å²) < 4.78 is 0. The molecule has 25 heavy (non-hydrogen) atoms. The summed E-state index contributed by atoms with van der Waals surface area (Å²) >= 11 is 11.4. The van der Waals surface area contributed by atoms with Gasteiger partial charge in [-0.25, -0.2) is 0 Å². The van der Waals surface area contributed by atoms with E-state index in [4.69, 9.17) is 43.9 Å². The molecule has 1 aromatic carbocycles. The summed E-state index contributed by atoms with van der Waals surface area (Å²) in [6.07, 6.45) is 8.13. The number of primary amides is 1. The Bertz CT molecular complexity index is 539. The van der Waals surface area contributed by atoms with Crippen molar-refractivity contribution < 1.29 is 24.6 Å². The first-order valence-electron chi connectivity index (χ1n) is 7.10. The molecule has 0 bridgehead atoms. The van der Waals surface area contributed by atoms with Crippen molar-refractivity contribution >= 4 is 47.2 Å². The van der Waals surface area contributed by atoms with E-state index in [9.17, 15) is 9.59 Å². The minimum atomic E-state index is -0.694. The van der Waals surface area contributed by atoms with E-state index in [1.807, 2.05) is 0 Å². The van der Waals surface area contributed by atoms with Crippen LogP contribution in [0.3, 0.4) is 0 Å². The molecule has 2 amide bonds. The summed E-state index contributed by atoms with van der Waals surface area (Å²) in [7, 11) is 1.00. The molecule has 140 valence electrons. The second-order valence-corrected chi connectivity index (χ2v) is 5.23. The van der Waals surface area contributed by atoms with Gasteiger partial charge in [-0.1, -0.05) is 35.4 Å². The van der Waals surface area contributed by atoms with E-state index < -0.39 is 11.8 Å². The first-order valence-corrected chi connectivity index (χ1v) is 7.86. The molecule has 0 spiro atoms. The maximum atomic E-state index is 11.1. The van der Waals surface area contributed by atoms with Gasteiger partial charge < -0.3 is 21.3 Å². The van der Waals surface area contributed by atoms with Gasteiger partial charge in [-0.3, -0.25) is 14.4 Å².